The number of carboxylic acid groups (broad SMARTS) is 1. The van der Waals surface area contributed by atoms with Crippen LogP contribution < -0.4 is 5.73 Å². The summed E-state index contributed by atoms with van der Waals surface area (Å²) in [5.41, 5.74) is 3.77. The second-order valence-electron chi connectivity index (χ2n) is 4.93. The smallest absolute Gasteiger partial charge is 0.319 e. The predicted molar refractivity (Wildman–Crippen MR) is 59.9 cm³/mol. The van der Waals surface area contributed by atoms with Gasteiger partial charge in [0.2, 0.25) is 11.8 Å². The zero-order valence-electron chi connectivity index (χ0n) is 10.1. The number of hydrogen-bond acceptors (Lipinski definition) is 3. The average molecular weight is 242 g/mol. The second kappa shape index (κ2) is 4.73. The third-order valence-corrected chi connectivity index (χ3v) is 2.79. The van der Waals surface area contributed by atoms with E-state index in [1.165, 1.54) is 4.90 Å². The van der Waals surface area contributed by atoms with Gasteiger partial charge in [0, 0.05) is 6.54 Å². The molecule has 0 atom stereocenters. The fourth-order valence-corrected chi connectivity index (χ4v) is 1.80. The van der Waals surface area contributed by atoms with E-state index in [9.17, 15) is 14.4 Å². The monoisotopic (exact) mass is 242 g/mol. The lowest BCUT2D eigenvalue weighted by Crippen LogP contribution is -2.46. The van der Waals surface area contributed by atoms with Crippen molar-refractivity contribution in [1.29, 1.82) is 0 Å². The zero-order chi connectivity index (χ0) is 13.2. The first kappa shape index (κ1) is 13.5. The summed E-state index contributed by atoms with van der Waals surface area (Å²) < 4.78 is 0. The van der Waals surface area contributed by atoms with Crippen LogP contribution in [0.25, 0.3) is 0 Å². The van der Waals surface area contributed by atoms with E-state index in [4.69, 9.17) is 10.8 Å². The number of aliphatic carboxylic acids is 1. The molecule has 1 rings (SSSR count). The fraction of sp³-hybridized carbons (Fsp3) is 0.727. The lowest BCUT2D eigenvalue weighted by molar-refractivity contribution is -0.154. The minimum absolute atomic E-state index is 0.155. The molecule has 0 saturated heterocycles. The summed E-state index contributed by atoms with van der Waals surface area (Å²) in [6.45, 7) is 3.91. The maximum Gasteiger partial charge on any atom is 0.319 e. The van der Waals surface area contributed by atoms with Gasteiger partial charge >= 0.3 is 5.97 Å². The Bertz CT molecular complexity index is 347. The highest BCUT2D eigenvalue weighted by Gasteiger charge is 2.58. The van der Waals surface area contributed by atoms with Gasteiger partial charge in [0.25, 0.3) is 0 Å². The van der Waals surface area contributed by atoms with Gasteiger partial charge in [-0.2, -0.15) is 0 Å². The third-order valence-electron chi connectivity index (χ3n) is 2.79. The van der Waals surface area contributed by atoms with Crippen molar-refractivity contribution in [2.45, 2.75) is 26.7 Å². The number of hydrogen-bond donors (Lipinski definition) is 2. The molecule has 0 unspecified atom stereocenters. The Morgan fingerprint density at radius 3 is 2.18 bits per heavy atom. The van der Waals surface area contributed by atoms with Gasteiger partial charge in [0.1, 0.15) is 5.41 Å². The van der Waals surface area contributed by atoms with E-state index in [0.29, 0.717) is 19.4 Å². The van der Waals surface area contributed by atoms with Crippen LogP contribution in [-0.4, -0.2) is 40.9 Å². The van der Waals surface area contributed by atoms with Gasteiger partial charge < -0.3 is 15.7 Å². The summed E-state index contributed by atoms with van der Waals surface area (Å²) in [6, 6.07) is 0. The van der Waals surface area contributed by atoms with Crippen molar-refractivity contribution < 1.29 is 19.5 Å². The third kappa shape index (κ3) is 2.95. The van der Waals surface area contributed by atoms with Crippen molar-refractivity contribution >= 4 is 17.8 Å². The second-order valence-corrected chi connectivity index (χ2v) is 4.93. The van der Waals surface area contributed by atoms with E-state index in [1.54, 1.807) is 0 Å². The quantitative estimate of drug-likeness (QED) is 0.631. The highest BCUT2D eigenvalue weighted by atomic mass is 16.4. The van der Waals surface area contributed by atoms with Crippen LogP contribution in [0.4, 0.5) is 0 Å². The molecule has 6 nitrogen and oxygen atoms in total. The van der Waals surface area contributed by atoms with Gasteiger partial charge in [-0.05, 0) is 18.8 Å². The number of rotatable bonds is 6. The minimum Gasteiger partial charge on any atom is -0.480 e. The molecule has 96 valence electrons. The van der Waals surface area contributed by atoms with E-state index in [2.05, 4.69) is 0 Å². The van der Waals surface area contributed by atoms with Crippen molar-refractivity contribution in [2.75, 3.05) is 13.1 Å². The maximum absolute atomic E-state index is 12.1. The van der Waals surface area contributed by atoms with Gasteiger partial charge in [-0.3, -0.25) is 14.4 Å². The minimum atomic E-state index is -1.30. The number of primary amides is 1. The molecular weight excluding hydrogens is 224 g/mol. The Balaban J connectivity index is 2.79. The molecule has 1 aliphatic rings. The molecule has 3 N–H and O–H groups in total. The van der Waals surface area contributed by atoms with Crippen molar-refractivity contribution in [3.05, 3.63) is 0 Å². The van der Waals surface area contributed by atoms with Crippen molar-refractivity contribution in [3.63, 3.8) is 0 Å². The van der Waals surface area contributed by atoms with Crippen LogP contribution in [0.5, 0.6) is 0 Å². The van der Waals surface area contributed by atoms with Crippen LogP contribution in [0.2, 0.25) is 0 Å². The van der Waals surface area contributed by atoms with Crippen LogP contribution >= 0.6 is 0 Å². The lowest BCUT2D eigenvalue weighted by atomic mass is 10.0. The molecule has 0 spiro atoms. The molecule has 2 amide bonds. The molecule has 1 aliphatic carbocycles. The Hall–Kier alpha value is -1.59. The van der Waals surface area contributed by atoms with Gasteiger partial charge in [-0.1, -0.05) is 13.8 Å². The number of nitrogens with two attached hydrogens (primary N) is 1. The summed E-state index contributed by atoms with van der Waals surface area (Å²) in [5.74, 6) is -2.07. The maximum atomic E-state index is 12.1. The topological polar surface area (TPSA) is 101 Å². The standard InChI is InChI=1S/C11H18N2O4/c1-7(2)5-13(6-8(12)14)9(15)11(3-4-11)10(16)17/h7H,3-6H2,1-2H3,(H2,12,14)(H,16,17). The molecule has 0 aromatic carbocycles. The van der Waals surface area contributed by atoms with Gasteiger partial charge in [0.15, 0.2) is 0 Å². The van der Waals surface area contributed by atoms with E-state index >= 15 is 0 Å². The summed E-state index contributed by atoms with van der Waals surface area (Å²) in [5, 5.41) is 9.03. The predicted octanol–water partition coefficient (Wildman–Crippen LogP) is -0.179. The Morgan fingerprint density at radius 2 is 1.88 bits per heavy atom. The van der Waals surface area contributed by atoms with Crippen LogP contribution in [-0.2, 0) is 14.4 Å². The molecular formula is C11H18N2O4. The van der Waals surface area contributed by atoms with E-state index in [-0.39, 0.29) is 12.5 Å². The van der Waals surface area contributed by atoms with Crippen molar-refractivity contribution in [1.82, 2.24) is 4.90 Å². The summed E-state index contributed by atoms with van der Waals surface area (Å²) in [6.07, 6.45) is 0.684. The molecule has 6 heteroatoms. The number of carbonyl (C=O) groups excluding carboxylic acids is 2. The lowest BCUT2D eigenvalue weighted by Gasteiger charge is -2.26. The highest BCUT2D eigenvalue weighted by Crippen LogP contribution is 2.47. The summed E-state index contributed by atoms with van der Waals surface area (Å²) in [4.78, 5) is 35.3. The molecule has 0 aromatic rings. The van der Waals surface area contributed by atoms with E-state index in [0.717, 1.165) is 0 Å². The number of carboxylic acids is 1. The number of amides is 2. The first-order chi connectivity index (χ1) is 7.79. The number of nitrogens with zero attached hydrogens (tertiary/aromatic N) is 1. The van der Waals surface area contributed by atoms with Crippen LogP contribution in [0, 0.1) is 11.3 Å². The van der Waals surface area contributed by atoms with Crippen LogP contribution in [0.1, 0.15) is 26.7 Å². The van der Waals surface area contributed by atoms with Gasteiger partial charge in [-0.15, -0.1) is 0 Å². The molecule has 0 heterocycles. The summed E-state index contributed by atoms with van der Waals surface area (Å²) >= 11 is 0. The first-order valence-electron chi connectivity index (χ1n) is 5.60. The molecule has 1 fully saturated rings. The summed E-state index contributed by atoms with van der Waals surface area (Å²) in [7, 11) is 0. The largest absolute Gasteiger partial charge is 0.480 e. The number of carbonyl (C=O) groups is 3. The molecule has 17 heavy (non-hydrogen) atoms. The van der Waals surface area contributed by atoms with Gasteiger partial charge in [-0.25, -0.2) is 0 Å². The molecule has 0 radical (unpaired) electrons. The van der Waals surface area contributed by atoms with Crippen LogP contribution in [0.15, 0.2) is 0 Å². The Labute approximate surface area is 99.8 Å². The van der Waals surface area contributed by atoms with Crippen molar-refractivity contribution in [3.8, 4) is 0 Å². The normalized spacial score (nSPS) is 16.6. The average Bonchev–Trinajstić information content (AvgIpc) is 2.94. The SMILES string of the molecule is CC(C)CN(CC(N)=O)C(=O)C1(C(=O)O)CC1. The first-order valence-corrected chi connectivity index (χ1v) is 5.60. The van der Waals surface area contributed by atoms with Gasteiger partial charge in [0.05, 0.1) is 6.54 Å². The Kier molecular flexibility index (Phi) is 3.75. The molecule has 0 aromatic heterocycles. The zero-order valence-corrected chi connectivity index (χ0v) is 10.1. The fourth-order valence-electron chi connectivity index (χ4n) is 1.80. The van der Waals surface area contributed by atoms with Crippen molar-refractivity contribution in [2.24, 2.45) is 17.1 Å². The highest BCUT2D eigenvalue weighted by molar-refractivity contribution is 6.05. The molecule has 1 saturated carbocycles. The van der Waals surface area contributed by atoms with Crippen LogP contribution in [0.3, 0.4) is 0 Å². The molecule has 0 bridgehead atoms. The van der Waals surface area contributed by atoms with E-state index < -0.39 is 23.2 Å². The molecule has 0 aliphatic heterocycles. The van der Waals surface area contributed by atoms with E-state index in [1.807, 2.05) is 13.8 Å². The Morgan fingerprint density at radius 1 is 1.35 bits per heavy atom.